The number of nitrogens with one attached hydrogen (secondary N) is 1. The molecule has 0 aliphatic heterocycles. The number of amides is 1. The van der Waals surface area contributed by atoms with Gasteiger partial charge in [-0.05, 0) is 63.8 Å². The van der Waals surface area contributed by atoms with Crippen molar-refractivity contribution in [3.8, 4) is 0 Å². The number of carbonyl (C=O) groups excluding carboxylic acids is 1. The van der Waals surface area contributed by atoms with E-state index in [1.54, 1.807) is 6.20 Å². The molecule has 1 aliphatic rings. The summed E-state index contributed by atoms with van der Waals surface area (Å²) in [4.78, 5) is 21.1. The molecule has 1 atom stereocenters. The van der Waals surface area contributed by atoms with Crippen LogP contribution in [0.15, 0.2) is 36.0 Å². The molecular formula is C19H23N3O2. The molecule has 0 radical (unpaired) electrons. The highest BCUT2D eigenvalue weighted by Crippen LogP contribution is 2.27. The molecule has 0 spiro atoms. The van der Waals surface area contributed by atoms with Gasteiger partial charge in [0.1, 0.15) is 5.60 Å². The second-order valence-corrected chi connectivity index (χ2v) is 7.09. The fourth-order valence-electron chi connectivity index (χ4n) is 2.89. The van der Waals surface area contributed by atoms with Gasteiger partial charge >= 0.3 is 6.09 Å². The molecule has 1 amide bonds. The third-order valence-electron chi connectivity index (χ3n) is 3.90. The number of nitrogens with zero attached hydrogens (tertiary/aromatic N) is 2. The van der Waals surface area contributed by atoms with Crippen molar-refractivity contribution in [3.05, 3.63) is 41.7 Å². The van der Waals surface area contributed by atoms with Gasteiger partial charge in [0, 0.05) is 0 Å². The number of benzene rings is 1. The van der Waals surface area contributed by atoms with Crippen LogP contribution in [0.1, 0.15) is 45.7 Å². The molecule has 1 aromatic heterocycles. The summed E-state index contributed by atoms with van der Waals surface area (Å²) in [5, 5.41) is 2.97. The highest BCUT2D eigenvalue weighted by atomic mass is 16.6. The summed E-state index contributed by atoms with van der Waals surface area (Å²) in [6, 6.07) is 7.81. The molecule has 0 bridgehead atoms. The van der Waals surface area contributed by atoms with Crippen LogP contribution in [-0.2, 0) is 4.74 Å². The SMILES string of the molecule is CC(C)(C)OC(=O)NC1CCC/C1=C\c1cnc2ccccc2n1. The molecule has 1 N–H and O–H groups in total. The molecule has 2 aromatic rings. The number of rotatable bonds is 2. The lowest BCUT2D eigenvalue weighted by Crippen LogP contribution is -2.38. The lowest BCUT2D eigenvalue weighted by Gasteiger charge is -2.22. The van der Waals surface area contributed by atoms with Crippen LogP contribution in [0.4, 0.5) is 4.79 Å². The molecule has 24 heavy (non-hydrogen) atoms. The second-order valence-electron chi connectivity index (χ2n) is 7.09. The standard InChI is InChI=1S/C19H23N3O2/c1-19(2,3)24-18(23)22-15-10-6-7-13(15)11-14-12-20-16-8-4-5-9-17(16)21-14/h4-5,8-9,11-12,15H,6-7,10H2,1-3H3,(H,22,23)/b13-11+. The first-order valence-electron chi connectivity index (χ1n) is 8.32. The monoisotopic (exact) mass is 325 g/mol. The van der Waals surface area contributed by atoms with Crippen LogP contribution < -0.4 is 5.32 Å². The van der Waals surface area contributed by atoms with Crippen molar-refractivity contribution in [3.63, 3.8) is 0 Å². The van der Waals surface area contributed by atoms with Gasteiger partial charge in [-0.2, -0.15) is 0 Å². The third-order valence-corrected chi connectivity index (χ3v) is 3.90. The Hall–Kier alpha value is -2.43. The number of alkyl carbamates (subject to hydrolysis) is 1. The highest BCUT2D eigenvalue weighted by Gasteiger charge is 2.25. The molecule has 1 unspecified atom stereocenters. The molecule has 5 nitrogen and oxygen atoms in total. The molecule has 3 rings (SSSR count). The zero-order valence-corrected chi connectivity index (χ0v) is 14.4. The summed E-state index contributed by atoms with van der Waals surface area (Å²) in [6.07, 6.45) is 6.37. The maximum absolute atomic E-state index is 12.0. The molecule has 0 saturated heterocycles. The predicted molar refractivity (Wildman–Crippen MR) is 94.5 cm³/mol. The minimum atomic E-state index is -0.490. The average molecular weight is 325 g/mol. The van der Waals surface area contributed by atoms with Gasteiger partial charge in [-0.15, -0.1) is 0 Å². The molecule has 5 heteroatoms. The Morgan fingerprint density at radius 2 is 2.04 bits per heavy atom. The average Bonchev–Trinajstić information content (AvgIpc) is 2.92. The highest BCUT2D eigenvalue weighted by molar-refractivity contribution is 5.75. The zero-order chi connectivity index (χ0) is 17.2. The summed E-state index contributed by atoms with van der Waals surface area (Å²) >= 11 is 0. The summed E-state index contributed by atoms with van der Waals surface area (Å²) in [5.74, 6) is 0. The number of ether oxygens (including phenoxy) is 1. The van der Waals surface area contributed by atoms with Gasteiger partial charge in [0.25, 0.3) is 0 Å². The van der Waals surface area contributed by atoms with Crippen LogP contribution in [0.3, 0.4) is 0 Å². The topological polar surface area (TPSA) is 64.1 Å². The number of hydrogen-bond donors (Lipinski definition) is 1. The van der Waals surface area contributed by atoms with E-state index in [4.69, 9.17) is 4.74 Å². The van der Waals surface area contributed by atoms with Crippen LogP contribution in [0.2, 0.25) is 0 Å². The maximum Gasteiger partial charge on any atom is 0.408 e. The first-order chi connectivity index (χ1) is 11.4. The molecule has 1 heterocycles. The van der Waals surface area contributed by atoms with Crippen LogP contribution >= 0.6 is 0 Å². The Morgan fingerprint density at radius 1 is 1.29 bits per heavy atom. The quantitative estimate of drug-likeness (QED) is 0.903. The van der Waals surface area contributed by atoms with E-state index in [2.05, 4.69) is 15.3 Å². The lowest BCUT2D eigenvalue weighted by molar-refractivity contribution is 0.0513. The Labute approximate surface area is 142 Å². The van der Waals surface area contributed by atoms with E-state index in [1.165, 1.54) is 5.57 Å². The van der Waals surface area contributed by atoms with E-state index >= 15 is 0 Å². The Morgan fingerprint density at radius 3 is 2.79 bits per heavy atom. The number of hydrogen-bond acceptors (Lipinski definition) is 4. The zero-order valence-electron chi connectivity index (χ0n) is 14.4. The van der Waals surface area contributed by atoms with Gasteiger partial charge in [0.15, 0.2) is 0 Å². The molecule has 126 valence electrons. The van der Waals surface area contributed by atoms with E-state index in [-0.39, 0.29) is 12.1 Å². The van der Waals surface area contributed by atoms with Crippen LogP contribution in [0.25, 0.3) is 17.1 Å². The predicted octanol–water partition coefficient (Wildman–Crippen LogP) is 4.09. The van der Waals surface area contributed by atoms with Gasteiger partial charge in [-0.25, -0.2) is 9.78 Å². The number of para-hydroxylation sites is 2. The normalized spacial score (nSPS) is 19.6. The van der Waals surface area contributed by atoms with E-state index in [0.717, 1.165) is 36.0 Å². The first-order valence-corrected chi connectivity index (χ1v) is 8.32. The van der Waals surface area contributed by atoms with E-state index in [1.807, 2.05) is 51.1 Å². The van der Waals surface area contributed by atoms with Crippen molar-refractivity contribution in [2.24, 2.45) is 0 Å². The van der Waals surface area contributed by atoms with Crippen molar-refractivity contribution in [1.82, 2.24) is 15.3 Å². The number of aromatic nitrogens is 2. The summed E-state index contributed by atoms with van der Waals surface area (Å²) in [7, 11) is 0. The van der Waals surface area contributed by atoms with Crippen molar-refractivity contribution < 1.29 is 9.53 Å². The van der Waals surface area contributed by atoms with Gasteiger partial charge in [-0.3, -0.25) is 4.98 Å². The molecule has 1 saturated carbocycles. The molecule has 1 aromatic carbocycles. The van der Waals surface area contributed by atoms with Gasteiger partial charge in [-0.1, -0.05) is 12.1 Å². The Bertz CT molecular complexity index is 778. The van der Waals surface area contributed by atoms with Crippen molar-refractivity contribution in [1.29, 1.82) is 0 Å². The molecule has 1 fully saturated rings. The van der Waals surface area contributed by atoms with Crippen LogP contribution in [0.5, 0.6) is 0 Å². The second kappa shape index (κ2) is 6.59. The van der Waals surface area contributed by atoms with Crippen molar-refractivity contribution >= 4 is 23.2 Å². The van der Waals surface area contributed by atoms with Crippen LogP contribution in [0, 0.1) is 0 Å². The Balaban J connectivity index is 1.76. The fraction of sp³-hybridized carbons (Fsp3) is 0.421. The van der Waals surface area contributed by atoms with Crippen molar-refractivity contribution in [2.75, 3.05) is 0 Å². The van der Waals surface area contributed by atoms with Gasteiger partial charge in [0.05, 0.1) is 29.0 Å². The smallest absolute Gasteiger partial charge is 0.408 e. The van der Waals surface area contributed by atoms with E-state index in [0.29, 0.717) is 0 Å². The maximum atomic E-state index is 12.0. The van der Waals surface area contributed by atoms with Gasteiger partial charge < -0.3 is 10.1 Å². The first kappa shape index (κ1) is 16.4. The molecular weight excluding hydrogens is 302 g/mol. The largest absolute Gasteiger partial charge is 0.444 e. The number of carbonyl (C=O) groups is 1. The minimum absolute atomic E-state index is 0.00752. The van der Waals surface area contributed by atoms with E-state index < -0.39 is 5.60 Å². The van der Waals surface area contributed by atoms with E-state index in [9.17, 15) is 4.79 Å². The van der Waals surface area contributed by atoms with Crippen molar-refractivity contribution in [2.45, 2.75) is 51.7 Å². The third kappa shape index (κ3) is 4.10. The van der Waals surface area contributed by atoms with Gasteiger partial charge in [0.2, 0.25) is 0 Å². The lowest BCUT2D eigenvalue weighted by atomic mass is 10.1. The number of fused-ring (bicyclic) bond motifs is 1. The van der Waals surface area contributed by atoms with Crippen LogP contribution in [-0.4, -0.2) is 27.7 Å². The summed E-state index contributed by atoms with van der Waals surface area (Å²) in [6.45, 7) is 5.59. The Kier molecular flexibility index (Phi) is 4.51. The summed E-state index contributed by atoms with van der Waals surface area (Å²) < 4.78 is 5.35. The fourth-order valence-corrected chi connectivity index (χ4v) is 2.89. The minimum Gasteiger partial charge on any atom is -0.444 e. The molecule has 1 aliphatic carbocycles. The summed E-state index contributed by atoms with van der Waals surface area (Å²) in [5.41, 5.74) is 3.26.